The molecular formula is C13H19NO. The lowest BCUT2D eigenvalue weighted by Gasteiger charge is -2.14. The fourth-order valence-electron chi connectivity index (χ4n) is 1.97. The van der Waals surface area contributed by atoms with Gasteiger partial charge in [-0.2, -0.15) is 0 Å². The number of hydrogen-bond donors (Lipinski definition) is 1. The Bertz CT molecular complexity index is 331. The highest BCUT2D eigenvalue weighted by Crippen LogP contribution is 2.38. The third-order valence-electron chi connectivity index (χ3n) is 3.14. The molecule has 0 aromatic heterocycles. The summed E-state index contributed by atoms with van der Waals surface area (Å²) in [6, 6.07) is 8.43. The largest absolute Gasteiger partial charge is 0.494 e. The van der Waals surface area contributed by atoms with E-state index in [1.165, 1.54) is 18.4 Å². The van der Waals surface area contributed by atoms with Crippen molar-refractivity contribution in [2.75, 3.05) is 13.7 Å². The predicted octanol–water partition coefficient (Wildman–Crippen LogP) is 2.38. The van der Waals surface area contributed by atoms with Crippen LogP contribution < -0.4 is 10.1 Å². The summed E-state index contributed by atoms with van der Waals surface area (Å²) in [5.41, 5.74) is 1.75. The fourth-order valence-corrected chi connectivity index (χ4v) is 1.97. The van der Waals surface area contributed by atoms with Crippen molar-refractivity contribution in [1.29, 1.82) is 0 Å². The molecule has 0 bridgehead atoms. The molecule has 1 N–H and O–H groups in total. The summed E-state index contributed by atoms with van der Waals surface area (Å²) in [7, 11) is 2.05. The molecule has 0 radical (unpaired) electrons. The summed E-state index contributed by atoms with van der Waals surface area (Å²) >= 11 is 0. The van der Waals surface area contributed by atoms with Gasteiger partial charge in [0, 0.05) is 5.54 Å². The second kappa shape index (κ2) is 4.23. The Morgan fingerprint density at radius 1 is 1.40 bits per heavy atom. The summed E-state index contributed by atoms with van der Waals surface area (Å²) in [6.07, 6.45) is 3.70. The molecule has 2 heteroatoms. The first kappa shape index (κ1) is 10.5. The molecule has 82 valence electrons. The van der Waals surface area contributed by atoms with E-state index in [0.717, 1.165) is 18.8 Å². The molecule has 0 aliphatic heterocycles. The Morgan fingerprint density at radius 2 is 2.20 bits per heavy atom. The smallest absolute Gasteiger partial charge is 0.119 e. The van der Waals surface area contributed by atoms with Crippen molar-refractivity contribution < 1.29 is 4.74 Å². The summed E-state index contributed by atoms with van der Waals surface area (Å²) in [6.45, 7) is 2.75. The second-order valence-electron chi connectivity index (χ2n) is 4.29. The Morgan fingerprint density at radius 3 is 2.80 bits per heavy atom. The Balaban J connectivity index is 2.05. The first-order valence-corrected chi connectivity index (χ1v) is 5.69. The lowest BCUT2D eigenvalue weighted by molar-refractivity contribution is 0.339. The summed E-state index contributed by atoms with van der Waals surface area (Å²) in [5, 5.41) is 3.41. The van der Waals surface area contributed by atoms with Gasteiger partial charge in [0.2, 0.25) is 0 Å². The first-order chi connectivity index (χ1) is 7.28. The van der Waals surface area contributed by atoms with E-state index in [1.807, 2.05) is 13.0 Å². The maximum absolute atomic E-state index is 5.49. The molecule has 1 saturated carbocycles. The number of benzene rings is 1. The Hall–Kier alpha value is -1.02. The van der Waals surface area contributed by atoms with Crippen LogP contribution in [0.25, 0.3) is 0 Å². The van der Waals surface area contributed by atoms with Gasteiger partial charge in [-0.3, -0.25) is 0 Å². The SMILES string of the molecule is CCOc1cccc(CC2(NC)CC2)c1. The molecule has 0 saturated heterocycles. The fraction of sp³-hybridized carbons (Fsp3) is 0.538. The molecule has 15 heavy (non-hydrogen) atoms. The van der Waals surface area contributed by atoms with E-state index in [0.29, 0.717) is 5.54 Å². The van der Waals surface area contributed by atoms with Crippen LogP contribution in [0.1, 0.15) is 25.3 Å². The second-order valence-corrected chi connectivity index (χ2v) is 4.29. The molecule has 0 spiro atoms. The van der Waals surface area contributed by atoms with E-state index in [-0.39, 0.29) is 0 Å². The van der Waals surface area contributed by atoms with Gasteiger partial charge in [-0.1, -0.05) is 12.1 Å². The van der Waals surface area contributed by atoms with Gasteiger partial charge in [0.15, 0.2) is 0 Å². The molecule has 1 fully saturated rings. The minimum absolute atomic E-state index is 0.380. The zero-order chi connectivity index (χ0) is 10.7. The van der Waals surface area contributed by atoms with Crippen molar-refractivity contribution >= 4 is 0 Å². The average molecular weight is 205 g/mol. The monoisotopic (exact) mass is 205 g/mol. The number of likely N-dealkylation sites (N-methyl/N-ethyl adjacent to an activating group) is 1. The number of nitrogens with one attached hydrogen (secondary N) is 1. The Labute approximate surface area is 91.6 Å². The highest BCUT2D eigenvalue weighted by molar-refractivity contribution is 5.30. The van der Waals surface area contributed by atoms with Crippen molar-refractivity contribution in [3.8, 4) is 5.75 Å². The van der Waals surface area contributed by atoms with E-state index in [9.17, 15) is 0 Å². The summed E-state index contributed by atoms with van der Waals surface area (Å²) < 4.78 is 5.49. The molecule has 2 nitrogen and oxygen atoms in total. The molecular weight excluding hydrogens is 186 g/mol. The molecule has 1 aliphatic carbocycles. The minimum atomic E-state index is 0.380. The van der Waals surface area contributed by atoms with Gasteiger partial charge in [-0.25, -0.2) is 0 Å². The van der Waals surface area contributed by atoms with Crippen molar-refractivity contribution in [2.45, 2.75) is 31.7 Å². The van der Waals surface area contributed by atoms with Crippen LogP contribution in [0.4, 0.5) is 0 Å². The normalized spacial score (nSPS) is 17.5. The van der Waals surface area contributed by atoms with Crippen LogP contribution in [0.15, 0.2) is 24.3 Å². The van der Waals surface area contributed by atoms with Gasteiger partial charge in [0.1, 0.15) is 5.75 Å². The highest BCUT2D eigenvalue weighted by atomic mass is 16.5. The van der Waals surface area contributed by atoms with Gasteiger partial charge in [0.05, 0.1) is 6.61 Å². The van der Waals surface area contributed by atoms with Gasteiger partial charge in [-0.05, 0) is 50.9 Å². The van der Waals surface area contributed by atoms with E-state index in [2.05, 4.69) is 30.6 Å². The zero-order valence-electron chi connectivity index (χ0n) is 9.55. The maximum atomic E-state index is 5.49. The number of hydrogen-bond acceptors (Lipinski definition) is 2. The van der Waals surface area contributed by atoms with Crippen LogP contribution in [0.2, 0.25) is 0 Å². The van der Waals surface area contributed by atoms with Gasteiger partial charge < -0.3 is 10.1 Å². The topological polar surface area (TPSA) is 21.3 Å². The quantitative estimate of drug-likeness (QED) is 0.797. The molecule has 1 aliphatic rings. The summed E-state index contributed by atoms with van der Waals surface area (Å²) in [4.78, 5) is 0. The average Bonchev–Trinajstić information content (AvgIpc) is 3.00. The molecule has 1 aromatic carbocycles. The van der Waals surface area contributed by atoms with Crippen molar-refractivity contribution in [3.63, 3.8) is 0 Å². The lowest BCUT2D eigenvalue weighted by Crippen LogP contribution is -2.29. The van der Waals surface area contributed by atoms with E-state index in [4.69, 9.17) is 4.74 Å². The number of ether oxygens (including phenoxy) is 1. The predicted molar refractivity (Wildman–Crippen MR) is 62.3 cm³/mol. The van der Waals surface area contributed by atoms with Gasteiger partial charge in [-0.15, -0.1) is 0 Å². The Kier molecular flexibility index (Phi) is 2.96. The van der Waals surface area contributed by atoms with Crippen LogP contribution in [-0.4, -0.2) is 19.2 Å². The molecule has 0 heterocycles. The molecule has 1 aromatic rings. The first-order valence-electron chi connectivity index (χ1n) is 5.69. The molecule has 0 atom stereocenters. The van der Waals surface area contributed by atoms with Gasteiger partial charge in [0.25, 0.3) is 0 Å². The minimum Gasteiger partial charge on any atom is -0.494 e. The molecule has 2 rings (SSSR count). The third kappa shape index (κ3) is 2.51. The van der Waals surface area contributed by atoms with Gasteiger partial charge >= 0.3 is 0 Å². The van der Waals surface area contributed by atoms with E-state index < -0.39 is 0 Å². The van der Waals surface area contributed by atoms with Crippen LogP contribution in [0.5, 0.6) is 5.75 Å². The van der Waals surface area contributed by atoms with Crippen molar-refractivity contribution in [1.82, 2.24) is 5.32 Å². The van der Waals surface area contributed by atoms with Crippen molar-refractivity contribution in [3.05, 3.63) is 29.8 Å². The summed E-state index contributed by atoms with van der Waals surface area (Å²) in [5.74, 6) is 0.988. The lowest BCUT2D eigenvalue weighted by atomic mass is 10.0. The maximum Gasteiger partial charge on any atom is 0.119 e. The van der Waals surface area contributed by atoms with Crippen LogP contribution in [-0.2, 0) is 6.42 Å². The van der Waals surface area contributed by atoms with Crippen LogP contribution >= 0.6 is 0 Å². The molecule has 0 unspecified atom stereocenters. The van der Waals surface area contributed by atoms with E-state index in [1.54, 1.807) is 0 Å². The number of rotatable bonds is 5. The van der Waals surface area contributed by atoms with E-state index >= 15 is 0 Å². The molecule has 0 amide bonds. The zero-order valence-corrected chi connectivity index (χ0v) is 9.55. The van der Waals surface area contributed by atoms with Crippen LogP contribution in [0.3, 0.4) is 0 Å². The van der Waals surface area contributed by atoms with Crippen LogP contribution in [0, 0.1) is 0 Å². The standard InChI is InChI=1S/C13H19NO/c1-3-15-12-6-4-5-11(9-12)10-13(14-2)7-8-13/h4-6,9,14H,3,7-8,10H2,1-2H3. The van der Waals surface area contributed by atoms with Crippen molar-refractivity contribution in [2.24, 2.45) is 0 Å². The third-order valence-corrected chi connectivity index (χ3v) is 3.14. The highest BCUT2D eigenvalue weighted by Gasteiger charge is 2.40.